The number of ether oxygens (including phenoxy) is 1. The zero-order valence-electron chi connectivity index (χ0n) is 11.2. The monoisotopic (exact) mass is 287 g/mol. The van der Waals surface area contributed by atoms with Crippen molar-refractivity contribution in [3.8, 4) is 5.75 Å². The number of nitrogens with two attached hydrogens (primary N) is 1. The van der Waals surface area contributed by atoms with E-state index in [1.54, 1.807) is 6.07 Å². The number of pyridine rings is 1. The normalized spacial score (nSPS) is 10.8. The minimum atomic E-state index is -0.365. The number of fused-ring (bicyclic) bond motifs is 1. The first-order valence-electron chi connectivity index (χ1n) is 6.46. The number of nitrogens with zero attached hydrogens (tertiary/aromatic N) is 3. The van der Waals surface area contributed by atoms with Crippen molar-refractivity contribution < 1.29 is 9.13 Å². The number of anilines is 2. The Labute approximate surface area is 120 Å². The number of rotatable bonds is 5. The van der Waals surface area contributed by atoms with Gasteiger partial charge in [-0.15, -0.1) is 5.10 Å². The molecule has 1 aromatic carbocycles. The topological polar surface area (TPSA) is 77.5 Å². The van der Waals surface area contributed by atoms with Gasteiger partial charge in [0.1, 0.15) is 18.2 Å². The van der Waals surface area contributed by atoms with Crippen LogP contribution >= 0.6 is 0 Å². The van der Waals surface area contributed by atoms with Gasteiger partial charge in [-0.05, 0) is 24.3 Å². The lowest BCUT2D eigenvalue weighted by Gasteiger charge is -2.06. The molecule has 3 N–H and O–H groups in total. The van der Waals surface area contributed by atoms with Gasteiger partial charge in [-0.25, -0.2) is 8.91 Å². The van der Waals surface area contributed by atoms with Crippen molar-refractivity contribution in [1.29, 1.82) is 0 Å². The fourth-order valence-corrected chi connectivity index (χ4v) is 1.88. The van der Waals surface area contributed by atoms with E-state index in [4.69, 9.17) is 10.5 Å². The predicted octanol–water partition coefficient (Wildman–Crippen LogP) is 1.95. The van der Waals surface area contributed by atoms with Gasteiger partial charge in [0, 0.05) is 18.3 Å². The average Bonchev–Trinajstić information content (AvgIpc) is 2.86. The maximum absolute atomic E-state index is 13.1. The van der Waals surface area contributed by atoms with Gasteiger partial charge in [-0.1, -0.05) is 6.07 Å². The highest BCUT2D eigenvalue weighted by Crippen LogP contribution is 2.20. The second-order valence-corrected chi connectivity index (χ2v) is 4.38. The van der Waals surface area contributed by atoms with Crippen molar-refractivity contribution in [2.24, 2.45) is 5.73 Å². The molecule has 7 heteroatoms. The molecule has 0 atom stereocenters. The maximum Gasteiger partial charge on any atom is 0.247 e. The summed E-state index contributed by atoms with van der Waals surface area (Å²) < 4.78 is 19.9. The summed E-state index contributed by atoms with van der Waals surface area (Å²) in [6.45, 7) is 0.909. The van der Waals surface area contributed by atoms with E-state index in [1.165, 1.54) is 16.8 Å². The molecule has 0 fully saturated rings. The van der Waals surface area contributed by atoms with Gasteiger partial charge in [-0.3, -0.25) is 0 Å². The minimum absolute atomic E-state index is 0.365. The number of aromatic nitrogens is 3. The Morgan fingerprint density at radius 1 is 1.29 bits per heavy atom. The zero-order valence-corrected chi connectivity index (χ0v) is 11.2. The lowest BCUT2D eigenvalue weighted by Crippen LogP contribution is -2.10. The quantitative estimate of drug-likeness (QED) is 0.750. The molecule has 108 valence electrons. The van der Waals surface area contributed by atoms with Gasteiger partial charge in [0.05, 0.1) is 6.20 Å². The molecular formula is C14H14FN5O. The number of hydrogen-bond donors (Lipinski definition) is 2. The van der Waals surface area contributed by atoms with Crippen molar-refractivity contribution in [1.82, 2.24) is 14.6 Å². The second-order valence-electron chi connectivity index (χ2n) is 4.38. The predicted molar refractivity (Wildman–Crippen MR) is 77.2 cm³/mol. The van der Waals surface area contributed by atoms with Crippen molar-refractivity contribution >= 4 is 17.3 Å². The van der Waals surface area contributed by atoms with Crippen LogP contribution < -0.4 is 15.8 Å². The molecule has 21 heavy (non-hydrogen) atoms. The smallest absolute Gasteiger partial charge is 0.247 e. The third kappa shape index (κ3) is 3.09. The van der Waals surface area contributed by atoms with Crippen LogP contribution in [0.3, 0.4) is 0 Å². The molecule has 3 rings (SSSR count). The van der Waals surface area contributed by atoms with Crippen molar-refractivity contribution in [2.75, 3.05) is 18.5 Å². The highest BCUT2D eigenvalue weighted by Gasteiger charge is 2.05. The van der Waals surface area contributed by atoms with Gasteiger partial charge >= 0.3 is 0 Å². The summed E-state index contributed by atoms with van der Waals surface area (Å²) in [7, 11) is 0. The molecule has 0 aliphatic heterocycles. The fourth-order valence-electron chi connectivity index (χ4n) is 1.88. The Balaban J connectivity index is 1.81. The Bertz CT molecular complexity index is 758. The standard InChI is InChI=1S/C14H14FN5O/c15-10-4-5-13-18-14(19-20(13)9-10)17-11-2-1-3-12(8-11)21-7-6-16/h1-5,8-9H,6-7,16H2,(H,17,19). The van der Waals surface area contributed by atoms with Crippen LogP contribution in [0, 0.1) is 5.82 Å². The Morgan fingerprint density at radius 2 is 2.19 bits per heavy atom. The first-order valence-corrected chi connectivity index (χ1v) is 6.46. The fraction of sp³-hybridized carbons (Fsp3) is 0.143. The zero-order chi connectivity index (χ0) is 14.7. The van der Waals surface area contributed by atoms with Crippen LogP contribution in [0.1, 0.15) is 0 Å². The van der Waals surface area contributed by atoms with Gasteiger partial charge in [0.15, 0.2) is 5.65 Å². The van der Waals surface area contributed by atoms with E-state index < -0.39 is 0 Å². The first-order chi connectivity index (χ1) is 10.2. The molecule has 2 heterocycles. The van der Waals surface area contributed by atoms with E-state index in [0.717, 1.165) is 5.69 Å². The van der Waals surface area contributed by atoms with Crippen LogP contribution in [-0.2, 0) is 0 Å². The Morgan fingerprint density at radius 3 is 3.05 bits per heavy atom. The molecule has 0 amide bonds. The number of nitrogens with one attached hydrogen (secondary N) is 1. The summed E-state index contributed by atoms with van der Waals surface area (Å²) in [4.78, 5) is 4.25. The molecule has 3 aromatic rings. The van der Waals surface area contributed by atoms with E-state index in [2.05, 4.69) is 15.4 Å². The van der Waals surface area contributed by atoms with E-state index in [0.29, 0.717) is 30.5 Å². The van der Waals surface area contributed by atoms with E-state index in [9.17, 15) is 4.39 Å². The van der Waals surface area contributed by atoms with Gasteiger partial charge < -0.3 is 15.8 Å². The lowest BCUT2D eigenvalue weighted by atomic mass is 10.3. The summed E-state index contributed by atoms with van der Waals surface area (Å²) in [6, 6.07) is 10.3. The molecule has 6 nitrogen and oxygen atoms in total. The Hall–Kier alpha value is -2.67. The maximum atomic E-state index is 13.1. The number of halogens is 1. The molecule has 0 saturated carbocycles. The third-order valence-corrected chi connectivity index (χ3v) is 2.77. The SMILES string of the molecule is NCCOc1cccc(Nc2nc3ccc(F)cn3n2)c1. The average molecular weight is 287 g/mol. The highest BCUT2D eigenvalue weighted by atomic mass is 19.1. The molecule has 0 aliphatic rings. The third-order valence-electron chi connectivity index (χ3n) is 2.77. The van der Waals surface area contributed by atoms with Crippen molar-refractivity contribution in [3.63, 3.8) is 0 Å². The number of hydrogen-bond acceptors (Lipinski definition) is 5. The Kier molecular flexibility index (Phi) is 3.65. The molecule has 2 aromatic heterocycles. The van der Waals surface area contributed by atoms with Crippen LogP contribution in [0.2, 0.25) is 0 Å². The molecular weight excluding hydrogens is 273 g/mol. The largest absolute Gasteiger partial charge is 0.492 e. The van der Waals surface area contributed by atoms with Gasteiger partial charge in [0.2, 0.25) is 5.95 Å². The minimum Gasteiger partial charge on any atom is -0.492 e. The van der Waals surface area contributed by atoms with E-state index in [-0.39, 0.29) is 5.82 Å². The van der Waals surface area contributed by atoms with Crippen LogP contribution in [0.4, 0.5) is 16.0 Å². The summed E-state index contributed by atoms with van der Waals surface area (Å²) in [5, 5.41) is 7.21. The van der Waals surface area contributed by atoms with Crippen LogP contribution in [0.15, 0.2) is 42.6 Å². The lowest BCUT2D eigenvalue weighted by molar-refractivity contribution is 0.328. The van der Waals surface area contributed by atoms with Crippen LogP contribution in [0.25, 0.3) is 5.65 Å². The summed E-state index contributed by atoms with van der Waals surface area (Å²) >= 11 is 0. The van der Waals surface area contributed by atoms with Gasteiger partial charge in [-0.2, -0.15) is 4.98 Å². The summed E-state index contributed by atoms with van der Waals surface area (Å²) in [5.74, 6) is 0.730. The van der Waals surface area contributed by atoms with E-state index >= 15 is 0 Å². The molecule has 0 unspecified atom stereocenters. The van der Waals surface area contributed by atoms with Crippen molar-refractivity contribution in [2.45, 2.75) is 0 Å². The number of benzene rings is 1. The second kappa shape index (κ2) is 5.76. The molecule has 0 spiro atoms. The molecule has 0 radical (unpaired) electrons. The van der Waals surface area contributed by atoms with E-state index in [1.807, 2.05) is 24.3 Å². The molecule has 0 bridgehead atoms. The van der Waals surface area contributed by atoms with Crippen LogP contribution in [0.5, 0.6) is 5.75 Å². The summed E-state index contributed by atoms with van der Waals surface area (Å²) in [6.07, 6.45) is 1.27. The molecule has 0 saturated heterocycles. The summed E-state index contributed by atoms with van der Waals surface area (Å²) in [5.41, 5.74) is 6.74. The van der Waals surface area contributed by atoms with Crippen molar-refractivity contribution in [3.05, 3.63) is 48.4 Å². The van der Waals surface area contributed by atoms with Gasteiger partial charge in [0.25, 0.3) is 0 Å². The molecule has 0 aliphatic carbocycles. The first kappa shape index (κ1) is 13.3. The highest BCUT2D eigenvalue weighted by molar-refractivity contribution is 5.57. The van der Waals surface area contributed by atoms with Crippen LogP contribution in [-0.4, -0.2) is 27.7 Å².